The quantitative estimate of drug-likeness (QED) is 0.913. The highest BCUT2D eigenvalue weighted by Crippen LogP contribution is 2.30. The number of pyridine rings is 1. The normalized spacial score (nSPS) is 10.5. The monoisotopic (exact) mass is 257 g/mol. The molecular formula is C15H19N3O. The molecule has 1 amide bonds. The Hall–Kier alpha value is -2.10. The van der Waals surface area contributed by atoms with Gasteiger partial charge in [0.05, 0.1) is 17.6 Å². The van der Waals surface area contributed by atoms with E-state index in [2.05, 4.69) is 15.2 Å². The van der Waals surface area contributed by atoms with Gasteiger partial charge in [-0.1, -0.05) is 18.2 Å². The van der Waals surface area contributed by atoms with E-state index >= 15 is 0 Å². The maximum Gasteiger partial charge on any atom is 0.224 e. The number of rotatable bonds is 3. The Morgan fingerprint density at radius 3 is 2.63 bits per heavy atom. The van der Waals surface area contributed by atoms with Gasteiger partial charge in [-0.3, -0.25) is 9.78 Å². The fraction of sp³-hybridized carbons (Fsp3) is 0.333. The lowest BCUT2D eigenvalue weighted by atomic mass is 10.0. The highest BCUT2D eigenvalue weighted by atomic mass is 16.1. The highest BCUT2D eigenvalue weighted by Gasteiger charge is 2.16. The number of aromatic nitrogens is 1. The summed E-state index contributed by atoms with van der Waals surface area (Å²) < 4.78 is 0. The molecule has 1 aromatic heterocycles. The van der Waals surface area contributed by atoms with E-state index in [-0.39, 0.29) is 5.91 Å². The van der Waals surface area contributed by atoms with Crippen LogP contribution in [0.4, 0.5) is 5.69 Å². The SMILES string of the molecule is CNC(=O)Cc1c(C)nc2ccccc2c1N(C)C. The van der Waals surface area contributed by atoms with Gasteiger partial charge >= 0.3 is 0 Å². The van der Waals surface area contributed by atoms with Gasteiger partial charge in [-0.05, 0) is 13.0 Å². The van der Waals surface area contributed by atoms with Crippen LogP contribution in [0.3, 0.4) is 0 Å². The van der Waals surface area contributed by atoms with Crippen LogP contribution in [0.25, 0.3) is 10.9 Å². The van der Waals surface area contributed by atoms with Crippen LogP contribution in [0.5, 0.6) is 0 Å². The number of carbonyl (C=O) groups is 1. The van der Waals surface area contributed by atoms with Crippen molar-refractivity contribution in [3.63, 3.8) is 0 Å². The molecule has 0 bridgehead atoms. The molecule has 0 spiro atoms. The van der Waals surface area contributed by atoms with Crippen LogP contribution in [0.15, 0.2) is 24.3 Å². The smallest absolute Gasteiger partial charge is 0.224 e. The number of benzene rings is 1. The van der Waals surface area contributed by atoms with Crippen molar-refractivity contribution < 1.29 is 4.79 Å². The number of likely N-dealkylation sites (N-methyl/N-ethyl adjacent to an activating group) is 1. The Balaban J connectivity index is 2.70. The Morgan fingerprint density at radius 1 is 1.32 bits per heavy atom. The van der Waals surface area contributed by atoms with Crippen LogP contribution in [-0.2, 0) is 11.2 Å². The molecule has 2 rings (SSSR count). The number of aryl methyl sites for hydroxylation is 1. The van der Waals surface area contributed by atoms with E-state index in [0.717, 1.165) is 27.8 Å². The standard InChI is InChI=1S/C15H19N3O/c1-10-12(9-14(19)16-2)15(18(3)4)11-7-5-6-8-13(11)17-10/h5-8H,9H2,1-4H3,(H,16,19). The third kappa shape index (κ3) is 2.52. The number of hydrogen-bond donors (Lipinski definition) is 1. The molecule has 0 aliphatic carbocycles. The number of nitrogens with one attached hydrogen (secondary N) is 1. The lowest BCUT2D eigenvalue weighted by Crippen LogP contribution is -2.23. The van der Waals surface area contributed by atoms with Crippen molar-refractivity contribution in [2.24, 2.45) is 0 Å². The Labute approximate surface area is 113 Å². The fourth-order valence-corrected chi connectivity index (χ4v) is 2.32. The zero-order valence-corrected chi connectivity index (χ0v) is 11.8. The minimum atomic E-state index is 0.00304. The second-order valence-electron chi connectivity index (χ2n) is 4.79. The van der Waals surface area contributed by atoms with Crippen molar-refractivity contribution in [3.8, 4) is 0 Å². The summed E-state index contributed by atoms with van der Waals surface area (Å²) in [6, 6.07) is 8.02. The predicted octanol–water partition coefficient (Wildman–Crippen LogP) is 1.90. The first kappa shape index (κ1) is 13.3. The molecule has 0 saturated heterocycles. The van der Waals surface area contributed by atoms with Crippen LogP contribution < -0.4 is 10.2 Å². The Kier molecular flexibility index (Phi) is 3.69. The summed E-state index contributed by atoms with van der Waals surface area (Å²) in [6.07, 6.45) is 0.355. The molecule has 4 heteroatoms. The molecule has 0 atom stereocenters. The number of hydrogen-bond acceptors (Lipinski definition) is 3. The first-order valence-corrected chi connectivity index (χ1v) is 6.30. The molecule has 1 aromatic carbocycles. The predicted molar refractivity (Wildman–Crippen MR) is 78.6 cm³/mol. The maximum absolute atomic E-state index is 11.7. The van der Waals surface area contributed by atoms with Crippen molar-refractivity contribution in [1.29, 1.82) is 0 Å². The lowest BCUT2D eigenvalue weighted by Gasteiger charge is -2.21. The zero-order chi connectivity index (χ0) is 14.0. The molecule has 0 aliphatic heterocycles. The van der Waals surface area contributed by atoms with E-state index in [9.17, 15) is 4.79 Å². The fourth-order valence-electron chi connectivity index (χ4n) is 2.32. The number of anilines is 1. The summed E-state index contributed by atoms with van der Waals surface area (Å²) in [5, 5.41) is 3.75. The van der Waals surface area contributed by atoms with Crippen LogP contribution in [0, 0.1) is 6.92 Å². The summed E-state index contributed by atoms with van der Waals surface area (Å²) in [7, 11) is 5.64. The van der Waals surface area contributed by atoms with Gasteiger partial charge in [0.15, 0.2) is 0 Å². The van der Waals surface area contributed by atoms with Crippen LogP contribution in [-0.4, -0.2) is 32.0 Å². The average Bonchev–Trinajstić information content (AvgIpc) is 2.38. The summed E-state index contributed by atoms with van der Waals surface area (Å²) >= 11 is 0. The van der Waals surface area contributed by atoms with Gasteiger partial charge in [0.2, 0.25) is 5.91 Å². The summed E-state index contributed by atoms with van der Waals surface area (Å²) in [6.45, 7) is 1.96. The molecule has 0 aliphatic rings. The van der Waals surface area contributed by atoms with Gasteiger partial charge in [0.25, 0.3) is 0 Å². The van der Waals surface area contributed by atoms with E-state index in [0.29, 0.717) is 6.42 Å². The minimum Gasteiger partial charge on any atom is -0.377 e. The third-order valence-electron chi connectivity index (χ3n) is 3.23. The lowest BCUT2D eigenvalue weighted by molar-refractivity contribution is -0.119. The van der Waals surface area contributed by atoms with Gasteiger partial charge in [-0.25, -0.2) is 0 Å². The molecule has 19 heavy (non-hydrogen) atoms. The van der Waals surface area contributed by atoms with Crippen LogP contribution in [0.1, 0.15) is 11.3 Å². The molecule has 0 radical (unpaired) electrons. The molecular weight excluding hydrogens is 238 g/mol. The molecule has 100 valence electrons. The number of para-hydroxylation sites is 1. The van der Waals surface area contributed by atoms with Gasteiger partial charge < -0.3 is 10.2 Å². The van der Waals surface area contributed by atoms with Crippen molar-refractivity contribution in [1.82, 2.24) is 10.3 Å². The number of amides is 1. The Bertz CT molecular complexity index is 620. The maximum atomic E-state index is 11.7. The van der Waals surface area contributed by atoms with Gasteiger partial charge in [0, 0.05) is 37.8 Å². The van der Waals surface area contributed by atoms with Crippen molar-refractivity contribution in [2.75, 3.05) is 26.0 Å². The molecule has 0 saturated carbocycles. The summed E-state index contributed by atoms with van der Waals surface area (Å²) in [5.41, 5.74) is 3.94. The van der Waals surface area contributed by atoms with Crippen molar-refractivity contribution >= 4 is 22.5 Å². The first-order chi connectivity index (χ1) is 9.04. The minimum absolute atomic E-state index is 0.00304. The van der Waals surface area contributed by atoms with Gasteiger partial charge in [-0.2, -0.15) is 0 Å². The summed E-state index contributed by atoms with van der Waals surface area (Å²) in [4.78, 5) is 18.3. The van der Waals surface area contributed by atoms with Gasteiger partial charge in [0.1, 0.15) is 0 Å². The van der Waals surface area contributed by atoms with E-state index in [1.54, 1.807) is 7.05 Å². The van der Waals surface area contributed by atoms with E-state index in [4.69, 9.17) is 0 Å². The second-order valence-corrected chi connectivity index (χ2v) is 4.79. The van der Waals surface area contributed by atoms with Crippen molar-refractivity contribution in [2.45, 2.75) is 13.3 Å². The topological polar surface area (TPSA) is 45.2 Å². The number of fused-ring (bicyclic) bond motifs is 1. The van der Waals surface area contributed by atoms with Crippen molar-refractivity contribution in [3.05, 3.63) is 35.5 Å². The molecule has 4 nitrogen and oxygen atoms in total. The Morgan fingerprint density at radius 2 is 2.00 bits per heavy atom. The van der Waals surface area contributed by atoms with Crippen LogP contribution >= 0.6 is 0 Å². The first-order valence-electron chi connectivity index (χ1n) is 6.30. The molecule has 0 unspecified atom stereocenters. The van der Waals surface area contributed by atoms with Crippen LogP contribution in [0.2, 0.25) is 0 Å². The molecule has 1 heterocycles. The number of nitrogens with zero attached hydrogens (tertiary/aromatic N) is 2. The largest absolute Gasteiger partial charge is 0.377 e. The van der Waals surface area contributed by atoms with E-state index in [1.165, 1.54) is 0 Å². The molecule has 0 fully saturated rings. The highest BCUT2D eigenvalue weighted by molar-refractivity contribution is 5.95. The summed E-state index contributed by atoms with van der Waals surface area (Å²) in [5.74, 6) is 0.00304. The average molecular weight is 257 g/mol. The number of carbonyl (C=O) groups excluding carboxylic acids is 1. The molecule has 1 N–H and O–H groups in total. The zero-order valence-electron chi connectivity index (χ0n) is 11.8. The second kappa shape index (κ2) is 5.26. The van der Waals surface area contributed by atoms with E-state index < -0.39 is 0 Å². The molecule has 2 aromatic rings. The third-order valence-corrected chi connectivity index (χ3v) is 3.23. The van der Waals surface area contributed by atoms with E-state index in [1.807, 2.05) is 45.3 Å². The van der Waals surface area contributed by atoms with Gasteiger partial charge in [-0.15, -0.1) is 0 Å².